The molecule has 112 valence electrons. The summed E-state index contributed by atoms with van der Waals surface area (Å²) in [7, 11) is 0. The predicted octanol–water partition coefficient (Wildman–Crippen LogP) is 3.39. The van der Waals surface area contributed by atoms with Crippen LogP contribution in [0.4, 0.5) is 4.39 Å². The standard InChI is InChI=1S/C17H15FN2O2/c1-11-3-2-8-20-15(10-19-17(11)20)14(9-16(21)22)12-4-6-13(18)7-5-12/h2-8,10,14H,9H2,1H3,(H,21,22). The number of aryl methyl sites for hydroxylation is 1. The second-order valence-corrected chi connectivity index (χ2v) is 5.27. The highest BCUT2D eigenvalue weighted by Gasteiger charge is 2.21. The van der Waals surface area contributed by atoms with Gasteiger partial charge in [-0.25, -0.2) is 9.37 Å². The summed E-state index contributed by atoms with van der Waals surface area (Å²) in [6.07, 6.45) is 3.48. The van der Waals surface area contributed by atoms with Gasteiger partial charge in [-0.1, -0.05) is 18.2 Å². The second-order valence-electron chi connectivity index (χ2n) is 5.27. The van der Waals surface area contributed by atoms with E-state index in [2.05, 4.69) is 4.98 Å². The zero-order valence-electron chi connectivity index (χ0n) is 12.0. The monoisotopic (exact) mass is 298 g/mol. The van der Waals surface area contributed by atoms with Gasteiger partial charge in [0, 0.05) is 18.3 Å². The van der Waals surface area contributed by atoms with Gasteiger partial charge in [-0.15, -0.1) is 0 Å². The summed E-state index contributed by atoms with van der Waals surface area (Å²) in [6, 6.07) is 9.79. The van der Waals surface area contributed by atoms with E-state index in [4.69, 9.17) is 0 Å². The van der Waals surface area contributed by atoms with Crippen LogP contribution in [0.5, 0.6) is 0 Å². The third-order valence-electron chi connectivity index (χ3n) is 3.77. The van der Waals surface area contributed by atoms with Crippen molar-refractivity contribution in [1.29, 1.82) is 0 Å². The van der Waals surface area contributed by atoms with E-state index in [0.717, 1.165) is 22.5 Å². The van der Waals surface area contributed by atoms with Gasteiger partial charge in [0.1, 0.15) is 11.5 Å². The van der Waals surface area contributed by atoms with Crippen molar-refractivity contribution in [3.63, 3.8) is 0 Å². The molecule has 0 bridgehead atoms. The van der Waals surface area contributed by atoms with Crippen LogP contribution in [-0.2, 0) is 4.79 Å². The van der Waals surface area contributed by atoms with Crippen molar-refractivity contribution >= 4 is 11.6 Å². The minimum Gasteiger partial charge on any atom is -0.481 e. The normalized spacial score (nSPS) is 12.5. The van der Waals surface area contributed by atoms with E-state index in [1.807, 2.05) is 29.7 Å². The molecule has 1 unspecified atom stereocenters. The van der Waals surface area contributed by atoms with Gasteiger partial charge in [-0.05, 0) is 36.2 Å². The van der Waals surface area contributed by atoms with Crippen LogP contribution in [0.2, 0.25) is 0 Å². The molecule has 3 aromatic rings. The van der Waals surface area contributed by atoms with Crippen LogP contribution >= 0.6 is 0 Å². The Kier molecular flexibility index (Phi) is 3.63. The van der Waals surface area contributed by atoms with Gasteiger partial charge < -0.3 is 9.51 Å². The predicted molar refractivity (Wildman–Crippen MR) is 80.4 cm³/mol. The molecule has 0 saturated carbocycles. The van der Waals surface area contributed by atoms with Crippen molar-refractivity contribution in [3.05, 3.63) is 71.4 Å². The summed E-state index contributed by atoms with van der Waals surface area (Å²) in [4.78, 5) is 15.6. The number of halogens is 1. The van der Waals surface area contributed by atoms with Crippen LogP contribution < -0.4 is 0 Å². The third-order valence-corrected chi connectivity index (χ3v) is 3.77. The maximum absolute atomic E-state index is 13.1. The Morgan fingerprint density at radius 2 is 2.05 bits per heavy atom. The molecule has 5 heteroatoms. The first-order valence-electron chi connectivity index (χ1n) is 6.96. The molecule has 3 rings (SSSR count). The Labute approximate surface area is 126 Å². The summed E-state index contributed by atoms with van der Waals surface area (Å²) < 4.78 is 15.0. The average Bonchev–Trinajstić information content (AvgIpc) is 2.91. The van der Waals surface area contributed by atoms with Crippen molar-refractivity contribution in [2.45, 2.75) is 19.3 Å². The molecule has 0 aliphatic heterocycles. The number of aliphatic carboxylic acids is 1. The van der Waals surface area contributed by atoms with Crippen LogP contribution in [0.1, 0.15) is 29.2 Å². The van der Waals surface area contributed by atoms with Crippen LogP contribution in [0.15, 0.2) is 48.8 Å². The molecule has 0 saturated heterocycles. The number of rotatable bonds is 4. The topological polar surface area (TPSA) is 54.6 Å². The third kappa shape index (κ3) is 2.57. The fraction of sp³-hybridized carbons (Fsp3) is 0.176. The minimum absolute atomic E-state index is 0.0760. The minimum atomic E-state index is -0.906. The number of imidazole rings is 1. The zero-order chi connectivity index (χ0) is 15.7. The number of carbonyl (C=O) groups is 1. The number of aromatic nitrogens is 2. The Hall–Kier alpha value is -2.69. The van der Waals surface area contributed by atoms with E-state index in [1.165, 1.54) is 12.1 Å². The van der Waals surface area contributed by atoms with Gasteiger partial charge in [0.15, 0.2) is 0 Å². The fourth-order valence-electron chi connectivity index (χ4n) is 2.69. The lowest BCUT2D eigenvalue weighted by Gasteiger charge is -2.15. The van der Waals surface area contributed by atoms with Gasteiger partial charge in [0.05, 0.1) is 12.1 Å². The Balaban J connectivity index is 2.14. The van der Waals surface area contributed by atoms with E-state index in [0.29, 0.717) is 0 Å². The smallest absolute Gasteiger partial charge is 0.304 e. The number of carboxylic acids is 1. The van der Waals surface area contributed by atoms with Gasteiger partial charge in [-0.2, -0.15) is 0 Å². The number of hydrogen-bond donors (Lipinski definition) is 1. The average molecular weight is 298 g/mol. The molecule has 0 amide bonds. The van der Waals surface area contributed by atoms with Crippen molar-refractivity contribution < 1.29 is 14.3 Å². The van der Waals surface area contributed by atoms with Crippen LogP contribution in [0.25, 0.3) is 5.65 Å². The molecule has 0 spiro atoms. The van der Waals surface area contributed by atoms with Gasteiger partial charge in [0.2, 0.25) is 0 Å². The molecular weight excluding hydrogens is 283 g/mol. The van der Waals surface area contributed by atoms with Gasteiger partial charge >= 0.3 is 5.97 Å². The number of nitrogens with zero attached hydrogens (tertiary/aromatic N) is 2. The Morgan fingerprint density at radius 3 is 2.73 bits per heavy atom. The summed E-state index contributed by atoms with van der Waals surface area (Å²) in [5.41, 5.74) is 3.36. The lowest BCUT2D eigenvalue weighted by molar-refractivity contribution is -0.137. The molecule has 1 aromatic carbocycles. The summed E-state index contributed by atoms with van der Waals surface area (Å²) in [5.74, 6) is -1.63. The van der Waals surface area contributed by atoms with Crippen molar-refractivity contribution in [1.82, 2.24) is 9.38 Å². The van der Waals surface area contributed by atoms with E-state index in [1.54, 1.807) is 18.3 Å². The first-order chi connectivity index (χ1) is 10.6. The first-order valence-corrected chi connectivity index (χ1v) is 6.96. The molecule has 0 radical (unpaired) electrons. The lowest BCUT2D eigenvalue weighted by Crippen LogP contribution is -2.10. The number of carboxylic acid groups (broad SMARTS) is 1. The molecule has 4 nitrogen and oxygen atoms in total. The molecule has 22 heavy (non-hydrogen) atoms. The highest BCUT2D eigenvalue weighted by Crippen LogP contribution is 2.29. The van der Waals surface area contributed by atoms with Crippen molar-refractivity contribution in [3.8, 4) is 0 Å². The first kappa shape index (κ1) is 14.3. The summed E-state index contributed by atoms with van der Waals surface area (Å²) >= 11 is 0. The molecular formula is C17H15FN2O2. The maximum atomic E-state index is 13.1. The second kappa shape index (κ2) is 5.60. The largest absolute Gasteiger partial charge is 0.481 e. The maximum Gasteiger partial charge on any atom is 0.304 e. The molecule has 2 aromatic heterocycles. The van der Waals surface area contributed by atoms with Gasteiger partial charge in [-0.3, -0.25) is 4.79 Å². The molecule has 1 atom stereocenters. The van der Waals surface area contributed by atoms with Crippen LogP contribution in [0, 0.1) is 12.7 Å². The summed E-state index contributed by atoms with van der Waals surface area (Å²) in [5, 5.41) is 9.22. The molecule has 2 heterocycles. The molecule has 1 N–H and O–H groups in total. The van der Waals surface area contributed by atoms with Crippen molar-refractivity contribution in [2.75, 3.05) is 0 Å². The number of pyridine rings is 1. The fourth-order valence-corrected chi connectivity index (χ4v) is 2.69. The number of fused-ring (bicyclic) bond motifs is 1. The van der Waals surface area contributed by atoms with Gasteiger partial charge in [0.25, 0.3) is 0 Å². The number of hydrogen-bond acceptors (Lipinski definition) is 2. The van der Waals surface area contributed by atoms with E-state index in [9.17, 15) is 14.3 Å². The molecule has 0 aliphatic rings. The van der Waals surface area contributed by atoms with E-state index in [-0.39, 0.29) is 18.2 Å². The quantitative estimate of drug-likeness (QED) is 0.803. The highest BCUT2D eigenvalue weighted by atomic mass is 19.1. The molecule has 0 fully saturated rings. The molecule has 0 aliphatic carbocycles. The van der Waals surface area contributed by atoms with E-state index < -0.39 is 5.97 Å². The lowest BCUT2D eigenvalue weighted by atomic mass is 9.93. The summed E-state index contributed by atoms with van der Waals surface area (Å²) in [6.45, 7) is 1.95. The highest BCUT2D eigenvalue weighted by molar-refractivity contribution is 5.69. The Bertz CT molecular complexity index is 824. The van der Waals surface area contributed by atoms with E-state index >= 15 is 0 Å². The number of benzene rings is 1. The SMILES string of the molecule is Cc1cccn2c(C(CC(=O)O)c3ccc(F)cc3)cnc12. The zero-order valence-corrected chi connectivity index (χ0v) is 12.0. The van der Waals surface area contributed by atoms with Crippen LogP contribution in [-0.4, -0.2) is 20.5 Å². The Morgan fingerprint density at radius 1 is 1.32 bits per heavy atom. The van der Waals surface area contributed by atoms with Crippen molar-refractivity contribution in [2.24, 2.45) is 0 Å². The van der Waals surface area contributed by atoms with Crippen LogP contribution in [0.3, 0.4) is 0 Å².